The summed E-state index contributed by atoms with van der Waals surface area (Å²) in [5.74, 6) is -0.334. The normalized spacial score (nSPS) is 11.4. The fourth-order valence-corrected chi connectivity index (χ4v) is 3.97. The first-order valence-electron chi connectivity index (χ1n) is 8.90. The minimum absolute atomic E-state index is 0.0617. The van der Waals surface area contributed by atoms with Gasteiger partial charge in [-0.3, -0.25) is 4.79 Å². The van der Waals surface area contributed by atoms with Gasteiger partial charge in [-0.05, 0) is 43.7 Å². The van der Waals surface area contributed by atoms with Crippen LogP contribution in [-0.2, 0) is 26.8 Å². The zero-order chi connectivity index (χ0) is 21.0. The Labute approximate surface area is 174 Å². The van der Waals surface area contributed by atoms with Crippen molar-refractivity contribution in [2.24, 2.45) is 0 Å². The van der Waals surface area contributed by atoms with E-state index in [0.29, 0.717) is 10.7 Å². The topological polar surface area (TPSA) is 102 Å². The van der Waals surface area contributed by atoms with Crippen molar-refractivity contribution in [3.63, 3.8) is 0 Å². The molecular weight excluding hydrogens is 414 g/mol. The van der Waals surface area contributed by atoms with E-state index in [0.717, 1.165) is 11.1 Å². The van der Waals surface area contributed by atoms with Crippen LogP contribution in [0.25, 0.3) is 0 Å². The van der Waals surface area contributed by atoms with E-state index in [2.05, 4.69) is 15.5 Å². The molecule has 29 heavy (non-hydrogen) atoms. The molecule has 0 aliphatic carbocycles. The van der Waals surface area contributed by atoms with Gasteiger partial charge in [0, 0.05) is 23.6 Å². The first kappa shape index (κ1) is 21.0. The second-order valence-electron chi connectivity index (χ2n) is 6.64. The molecule has 0 saturated heterocycles. The molecule has 0 saturated carbocycles. The van der Waals surface area contributed by atoms with E-state index in [1.807, 2.05) is 13.8 Å². The molecule has 0 aliphatic rings. The van der Waals surface area contributed by atoms with Crippen LogP contribution in [-0.4, -0.2) is 24.5 Å². The fraction of sp³-hybridized carbons (Fsp3) is 0.250. The quantitative estimate of drug-likeness (QED) is 0.606. The highest BCUT2D eigenvalue weighted by Crippen LogP contribution is 2.23. The SMILES string of the molecule is Cc1ccc(S(=O)(=O)Cc2noc(CCC(=O)Nc3cccc(Cl)c3C)n2)cc1. The maximum Gasteiger partial charge on any atom is 0.227 e. The third-order valence-electron chi connectivity index (χ3n) is 4.32. The van der Waals surface area contributed by atoms with Crippen molar-refractivity contribution in [1.82, 2.24) is 10.1 Å². The number of halogens is 1. The standard InChI is InChI=1S/C20H20ClN3O4S/c1-13-6-8-15(9-7-13)29(26,27)12-18-23-20(28-24-18)11-10-19(25)22-17-5-3-4-16(21)14(17)2/h3-9H,10-12H2,1-2H3,(H,22,25). The summed E-state index contributed by atoms with van der Waals surface area (Å²) in [5.41, 5.74) is 2.39. The van der Waals surface area contributed by atoms with Crippen molar-refractivity contribution in [2.75, 3.05) is 5.32 Å². The average Bonchev–Trinajstić information content (AvgIpc) is 3.11. The highest BCUT2D eigenvalue weighted by Gasteiger charge is 2.19. The Balaban J connectivity index is 1.58. The molecule has 1 amide bonds. The van der Waals surface area contributed by atoms with Crippen LogP contribution in [0.2, 0.25) is 5.02 Å². The Morgan fingerprint density at radius 3 is 2.59 bits per heavy atom. The molecule has 0 unspecified atom stereocenters. The number of anilines is 1. The molecule has 9 heteroatoms. The zero-order valence-corrected chi connectivity index (χ0v) is 17.5. The molecule has 0 radical (unpaired) electrons. The molecule has 2 aromatic carbocycles. The van der Waals surface area contributed by atoms with Crippen molar-refractivity contribution in [3.05, 3.63) is 70.3 Å². The molecule has 7 nitrogen and oxygen atoms in total. The number of nitrogens with one attached hydrogen (secondary N) is 1. The number of benzene rings is 2. The van der Waals surface area contributed by atoms with E-state index in [9.17, 15) is 13.2 Å². The van der Waals surface area contributed by atoms with Gasteiger partial charge < -0.3 is 9.84 Å². The molecular formula is C20H20ClN3O4S. The predicted octanol–water partition coefficient (Wildman–Crippen LogP) is 3.89. The molecule has 1 aromatic heterocycles. The zero-order valence-electron chi connectivity index (χ0n) is 16.0. The monoisotopic (exact) mass is 433 g/mol. The molecule has 3 rings (SSSR count). The molecule has 1 N–H and O–H groups in total. The summed E-state index contributed by atoms with van der Waals surface area (Å²) in [6, 6.07) is 11.8. The first-order valence-corrected chi connectivity index (χ1v) is 10.9. The number of nitrogens with zero attached hydrogens (tertiary/aromatic N) is 2. The summed E-state index contributed by atoms with van der Waals surface area (Å²) in [6.07, 6.45) is 0.307. The molecule has 0 aliphatic heterocycles. The van der Waals surface area contributed by atoms with Gasteiger partial charge in [-0.1, -0.05) is 40.5 Å². The van der Waals surface area contributed by atoms with Crippen LogP contribution < -0.4 is 5.32 Å². The molecule has 0 atom stereocenters. The van der Waals surface area contributed by atoms with E-state index >= 15 is 0 Å². The second-order valence-corrected chi connectivity index (χ2v) is 9.03. The number of aromatic nitrogens is 2. The van der Waals surface area contributed by atoms with Crippen LogP contribution in [0.3, 0.4) is 0 Å². The number of carbonyl (C=O) groups is 1. The number of sulfone groups is 1. The lowest BCUT2D eigenvalue weighted by molar-refractivity contribution is -0.116. The van der Waals surface area contributed by atoms with E-state index in [-0.39, 0.29) is 41.1 Å². The summed E-state index contributed by atoms with van der Waals surface area (Å²) in [5, 5.41) is 7.07. The van der Waals surface area contributed by atoms with Crippen molar-refractivity contribution in [3.8, 4) is 0 Å². The van der Waals surface area contributed by atoms with E-state index < -0.39 is 9.84 Å². The van der Waals surface area contributed by atoms with Gasteiger partial charge in [-0.15, -0.1) is 0 Å². The van der Waals surface area contributed by atoms with E-state index in [4.69, 9.17) is 16.1 Å². The molecule has 0 spiro atoms. The fourth-order valence-electron chi connectivity index (χ4n) is 2.63. The minimum Gasteiger partial charge on any atom is -0.339 e. The molecule has 1 heterocycles. The lowest BCUT2D eigenvalue weighted by Gasteiger charge is -2.08. The number of hydrogen-bond acceptors (Lipinski definition) is 6. The summed E-state index contributed by atoms with van der Waals surface area (Å²) < 4.78 is 30.0. The number of aryl methyl sites for hydroxylation is 2. The van der Waals surface area contributed by atoms with Crippen LogP contribution in [0.15, 0.2) is 51.9 Å². The lowest BCUT2D eigenvalue weighted by Crippen LogP contribution is -2.13. The van der Waals surface area contributed by atoms with Crippen molar-refractivity contribution in [1.29, 1.82) is 0 Å². The van der Waals surface area contributed by atoms with Crippen LogP contribution >= 0.6 is 11.6 Å². The van der Waals surface area contributed by atoms with Gasteiger partial charge in [0.25, 0.3) is 0 Å². The van der Waals surface area contributed by atoms with Gasteiger partial charge in [-0.25, -0.2) is 8.42 Å². The van der Waals surface area contributed by atoms with Gasteiger partial charge >= 0.3 is 0 Å². The Morgan fingerprint density at radius 2 is 1.86 bits per heavy atom. The van der Waals surface area contributed by atoms with E-state index in [1.165, 1.54) is 0 Å². The largest absolute Gasteiger partial charge is 0.339 e. The van der Waals surface area contributed by atoms with Crippen LogP contribution in [0.5, 0.6) is 0 Å². The van der Waals surface area contributed by atoms with Gasteiger partial charge in [0.15, 0.2) is 15.7 Å². The second kappa shape index (κ2) is 8.75. The van der Waals surface area contributed by atoms with Crippen LogP contribution in [0.1, 0.15) is 29.3 Å². The first-order chi connectivity index (χ1) is 13.7. The highest BCUT2D eigenvalue weighted by atomic mass is 35.5. The number of rotatable bonds is 7. The van der Waals surface area contributed by atoms with Crippen molar-refractivity contribution < 1.29 is 17.7 Å². The Bertz CT molecular complexity index is 1120. The van der Waals surface area contributed by atoms with Gasteiger partial charge in [0.2, 0.25) is 11.8 Å². The minimum atomic E-state index is -3.57. The smallest absolute Gasteiger partial charge is 0.227 e. The predicted molar refractivity (Wildman–Crippen MR) is 110 cm³/mol. The lowest BCUT2D eigenvalue weighted by atomic mass is 10.2. The highest BCUT2D eigenvalue weighted by molar-refractivity contribution is 7.90. The number of carbonyl (C=O) groups excluding carboxylic acids is 1. The third-order valence-corrected chi connectivity index (χ3v) is 6.36. The molecule has 0 fully saturated rings. The van der Waals surface area contributed by atoms with Crippen molar-refractivity contribution >= 4 is 33.0 Å². The van der Waals surface area contributed by atoms with E-state index in [1.54, 1.807) is 42.5 Å². The maximum absolute atomic E-state index is 12.5. The number of amides is 1. The third kappa shape index (κ3) is 5.42. The Morgan fingerprint density at radius 1 is 1.14 bits per heavy atom. The van der Waals surface area contributed by atoms with Gasteiger partial charge in [-0.2, -0.15) is 4.98 Å². The van der Waals surface area contributed by atoms with Crippen LogP contribution in [0.4, 0.5) is 5.69 Å². The average molecular weight is 434 g/mol. The Kier molecular flexibility index (Phi) is 6.34. The summed E-state index contributed by atoms with van der Waals surface area (Å²) in [4.78, 5) is 16.4. The maximum atomic E-state index is 12.5. The summed E-state index contributed by atoms with van der Waals surface area (Å²) >= 11 is 6.04. The van der Waals surface area contributed by atoms with Gasteiger partial charge in [0.1, 0.15) is 5.75 Å². The Hall–Kier alpha value is -2.71. The van der Waals surface area contributed by atoms with Crippen LogP contribution in [0, 0.1) is 13.8 Å². The van der Waals surface area contributed by atoms with Gasteiger partial charge in [0.05, 0.1) is 4.90 Å². The summed E-state index contributed by atoms with van der Waals surface area (Å²) in [7, 11) is -3.57. The molecule has 0 bridgehead atoms. The molecule has 3 aromatic rings. The van der Waals surface area contributed by atoms with Crippen molar-refractivity contribution in [2.45, 2.75) is 37.3 Å². The number of hydrogen-bond donors (Lipinski definition) is 1. The summed E-state index contributed by atoms with van der Waals surface area (Å²) in [6.45, 7) is 3.70. The molecule has 152 valence electrons.